The first-order valence-electron chi connectivity index (χ1n) is 4.73. The molecule has 0 aliphatic rings. The molecule has 1 atom stereocenters. The number of carbonyl (C=O) groups excluding carboxylic acids is 1. The van der Waals surface area contributed by atoms with Crippen LogP contribution in [-0.2, 0) is 9.53 Å². The van der Waals surface area contributed by atoms with Crippen molar-refractivity contribution in [3.63, 3.8) is 0 Å². The molecule has 0 heterocycles. The number of carbonyl (C=O) groups is 1. The van der Waals surface area contributed by atoms with Gasteiger partial charge in [0.25, 0.3) is 0 Å². The van der Waals surface area contributed by atoms with Crippen molar-refractivity contribution in [2.75, 3.05) is 6.61 Å². The molecule has 76 valence electrons. The van der Waals surface area contributed by atoms with E-state index in [0.717, 1.165) is 6.42 Å². The zero-order chi connectivity index (χ0) is 10.5. The highest BCUT2D eigenvalue weighted by molar-refractivity contribution is 5.81. The van der Waals surface area contributed by atoms with Gasteiger partial charge in [-0.2, -0.15) is 0 Å². The summed E-state index contributed by atoms with van der Waals surface area (Å²) in [6.45, 7) is 12.3. The van der Waals surface area contributed by atoms with Gasteiger partial charge in [-0.15, -0.1) is 0 Å². The Morgan fingerprint density at radius 2 is 2.15 bits per heavy atom. The molecule has 0 aromatic carbocycles. The Morgan fingerprint density at radius 3 is 2.54 bits per heavy atom. The Labute approximate surface area is 81.0 Å². The molecule has 0 saturated heterocycles. The maximum absolute atomic E-state index is 10.8. The molecule has 0 N–H and O–H groups in total. The molecule has 0 amide bonds. The third kappa shape index (κ3) is 4.11. The van der Waals surface area contributed by atoms with Gasteiger partial charge in [0.05, 0.1) is 6.61 Å². The van der Waals surface area contributed by atoms with Crippen molar-refractivity contribution in [1.29, 1.82) is 0 Å². The van der Waals surface area contributed by atoms with Gasteiger partial charge in [0.2, 0.25) is 0 Å². The Kier molecular flexibility index (Phi) is 4.74. The molecule has 0 spiro atoms. The van der Waals surface area contributed by atoms with E-state index >= 15 is 0 Å². The van der Waals surface area contributed by atoms with Gasteiger partial charge in [-0.05, 0) is 5.92 Å². The largest absolute Gasteiger partial charge is 0.462 e. The van der Waals surface area contributed by atoms with Crippen molar-refractivity contribution in [2.24, 2.45) is 11.3 Å². The van der Waals surface area contributed by atoms with Crippen LogP contribution in [0, 0.1) is 11.3 Å². The van der Waals surface area contributed by atoms with E-state index in [0.29, 0.717) is 12.5 Å². The molecule has 0 aromatic rings. The number of hydrogen-bond acceptors (Lipinski definition) is 2. The molecule has 0 fully saturated rings. The van der Waals surface area contributed by atoms with Crippen LogP contribution >= 0.6 is 0 Å². The number of esters is 1. The van der Waals surface area contributed by atoms with E-state index in [1.807, 2.05) is 0 Å². The van der Waals surface area contributed by atoms with Gasteiger partial charge in [-0.1, -0.05) is 40.7 Å². The summed E-state index contributed by atoms with van der Waals surface area (Å²) in [4.78, 5) is 10.8. The molecule has 1 unspecified atom stereocenters. The fourth-order valence-corrected chi connectivity index (χ4v) is 1.01. The standard InChI is InChI=1S/C11H20O2/c1-6-9(3)11(4,5)8-13-10(12)7-2/h7,9H,2,6,8H2,1,3-5H3. The van der Waals surface area contributed by atoms with Gasteiger partial charge in [0, 0.05) is 11.5 Å². The summed E-state index contributed by atoms with van der Waals surface area (Å²) in [6.07, 6.45) is 2.30. The van der Waals surface area contributed by atoms with Crippen LogP contribution in [0.3, 0.4) is 0 Å². The second-order valence-corrected chi connectivity index (χ2v) is 4.11. The van der Waals surface area contributed by atoms with E-state index in [9.17, 15) is 4.79 Å². The quantitative estimate of drug-likeness (QED) is 0.485. The second kappa shape index (κ2) is 5.05. The number of rotatable bonds is 5. The summed E-state index contributed by atoms with van der Waals surface area (Å²) >= 11 is 0. The molecule has 0 saturated carbocycles. The van der Waals surface area contributed by atoms with Gasteiger partial charge in [0.15, 0.2) is 0 Å². The molecule has 2 nitrogen and oxygen atoms in total. The normalized spacial score (nSPS) is 13.5. The van der Waals surface area contributed by atoms with Crippen molar-refractivity contribution in [2.45, 2.75) is 34.1 Å². The number of ether oxygens (including phenoxy) is 1. The lowest BCUT2D eigenvalue weighted by Gasteiger charge is -2.30. The first-order valence-corrected chi connectivity index (χ1v) is 4.73. The summed E-state index contributed by atoms with van der Waals surface area (Å²) in [5.41, 5.74) is 0.0490. The van der Waals surface area contributed by atoms with E-state index in [1.165, 1.54) is 6.08 Å². The third-order valence-corrected chi connectivity index (χ3v) is 2.70. The van der Waals surface area contributed by atoms with E-state index in [-0.39, 0.29) is 11.4 Å². The van der Waals surface area contributed by atoms with Crippen LogP contribution in [0.25, 0.3) is 0 Å². The van der Waals surface area contributed by atoms with Crippen LogP contribution in [0.15, 0.2) is 12.7 Å². The van der Waals surface area contributed by atoms with Crippen molar-refractivity contribution in [3.8, 4) is 0 Å². The molecule has 0 aliphatic heterocycles. The zero-order valence-electron chi connectivity index (χ0n) is 9.09. The molecule has 0 aliphatic carbocycles. The fourth-order valence-electron chi connectivity index (χ4n) is 1.01. The van der Waals surface area contributed by atoms with Gasteiger partial charge in [-0.3, -0.25) is 0 Å². The average molecular weight is 184 g/mol. The Balaban J connectivity index is 4.02. The summed E-state index contributed by atoms with van der Waals surface area (Å²) < 4.78 is 5.02. The lowest BCUT2D eigenvalue weighted by molar-refractivity contribution is -0.141. The summed E-state index contributed by atoms with van der Waals surface area (Å²) in [5, 5.41) is 0. The number of hydrogen-bond donors (Lipinski definition) is 0. The van der Waals surface area contributed by atoms with E-state index in [2.05, 4.69) is 34.3 Å². The van der Waals surface area contributed by atoms with Crippen LogP contribution < -0.4 is 0 Å². The Hall–Kier alpha value is -0.790. The van der Waals surface area contributed by atoms with E-state index in [4.69, 9.17) is 4.74 Å². The minimum atomic E-state index is -0.337. The third-order valence-electron chi connectivity index (χ3n) is 2.70. The van der Waals surface area contributed by atoms with E-state index < -0.39 is 0 Å². The first-order chi connectivity index (χ1) is 5.94. The average Bonchev–Trinajstić information content (AvgIpc) is 2.12. The summed E-state index contributed by atoms with van der Waals surface area (Å²) in [5.74, 6) is 0.210. The van der Waals surface area contributed by atoms with Gasteiger partial charge in [-0.25, -0.2) is 4.79 Å². The topological polar surface area (TPSA) is 26.3 Å². The molecule has 2 heteroatoms. The van der Waals surface area contributed by atoms with Gasteiger partial charge >= 0.3 is 5.97 Å². The van der Waals surface area contributed by atoms with Crippen LogP contribution in [0.5, 0.6) is 0 Å². The minimum Gasteiger partial charge on any atom is -0.462 e. The van der Waals surface area contributed by atoms with Gasteiger partial charge in [0.1, 0.15) is 0 Å². The van der Waals surface area contributed by atoms with Crippen molar-refractivity contribution in [3.05, 3.63) is 12.7 Å². The maximum atomic E-state index is 10.8. The molecule has 0 radical (unpaired) electrons. The monoisotopic (exact) mass is 184 g/mol. The molecule has 0 rings (SSSR count). The van der Waals surface area contributed by atoms with Gasteiger partial charge < -0.3 is 4.74 Å². The maximum Gasteiger partial charge on any atom is 0.330 e. The molecule has 13 heavy (non-hydrogen) atoms. The highest BCUT2D eigenvalue weighted by Gasteiger charge is 2.25. The van der Waals surface area contributed by atoms with Crippen LogP contribution in [0.4, 0.5) is 0 Å². The Morgan fingerprint density at radius 1 is 1.62 bits per heavy atom. The minimum absolute atomic E-state index is 0.0490. The second-order valence-electron chi connectivity index (χ2n) is 4.11. The SMILES string of the molecule is C=CC(=O)OCC(C)(C)C(C)CC. The first kappa shape index (κ1) is 12.2. The fraction of sp³-hybridized carbons (Fsp3) is 0.727. The lowest BCUT2D eigenvalue weighted by atomic mass is 9.79. The Bertz CT molecular complexity index is 183. The highest BCUT2D eigenvalue weighted by atomic mass is 16.5. The van der Waals surface area contributed by atoms with Crippen LogP contribution in [-0.4, -0.2) is 12.6 Å². The van der Waals surface area contributed by atoms with Crippen molar-refractivity contribution >= 4 is 5.97 Å². The summed E-state index contributed by atoms with van der Waals surface area (Å²) in [6, 6.07) is 0. The predicted molar refractivity (Wildman–Crippen MR) is 54.4 cm³/mol. The highest BCUT2D eigenvalue weighted by Crippen LogP contribution is 2.29. The van der Waals surface area contributed by atoms with Crippen LogP contribution in [0.2, 0.25) is 0 Å². The lowest BCUT2D eigenvalue weighted by Crippen LogP contribution is -2.28. The predicted octanol–water partition coefficient (Wildman–Crippen LogP) is 2.79. The van der Waals surface area contributed by atoms with Crippen molar-refractivity contribution < 1.29 is 9.53 Å². The molecular weight excluding hydrogens is 164 g/mol. The van der Waals surface area contributed by atoms with Crippen LogP contribution in [0.1, 0.15) is 34.1 Å². The molecule has 0 aromatic heterocycles. The van der Waals surface area contributed by atoms with E-state index in [1.54, 1.807) is 0 Å². The molecule has 0 bridgehead atoms. The zero-order valence-corrected chi connectivity index (χ0v) is 9.09. The molecular formula is C11H20O2. The van der Waals surface area contributed by atoms with Crippen molar-refractivity contribution in [1.82, 2.24) is 0 Å². The summed E-state index contributed by atoms with van der Waals surface area (Å²) in [7, 11) is 0. The smallest absolute Gasteiger partial charge is 0.330 e.